The molecule has 0 saturated heterocycles. The Morgan fingerprint density at radius 3 is 2.54 bits per heavy atom. The molecule has 0 unspecified atom stereocenters. The number of hydrogen-bond acceptors (Lipinski definition) is 4. The van der Waals surface area contributed by atoms with Crippen molar-refractivity contribution in [3.63, 3.8) is 0 Å². The summed E-state index contributed by atoms with van der Waals surface area (Å²) in [4.78, 5) is 0. The van der Waals surface area contributed by atoms with Crippen molar-refractivity contribution in [1.82, 2.24) is 10.2 Å². The molecular weight excluding hydrogens is 350 g/mol. The molecule has 1 heterocycles. The van der Waals surface area contributed by atoms with Gasteiger partial charge in [-0.2, -0.15) is 5.10 Å². The van der Waals surface area contributed by atoms with Gasteiger partial charge in [-0.1, -0.05) is 44.7 Å². The van der Waals surface area contributed by atoms with E-state index in [0.717, 1.165) is 47.2 Å². The largest absolute Gasteiger partial charge is 0.494 e. The molecule has 0 aliphatic heterocycles. The molecular formula is C23H29N3O2. The first-order valence-electron chi connectivity index (χ1n) is 10.0. The molecule has 148 valence electrons. The zero-order valence-corrected chi connectivity index (χ0v) is 16.5. The summed E-state index contributed by atoms with van der Waals surface area (Å²) in [6.45, 7) is 3.41. The molecule has 0 fully saturated rings. The van der Waals surface area contributed by atoms with Crippen LogP contribution in [0.15, 0.2) is 54.6 Å². The Balaban J connectivity index is 1.51. The predicted octanol–water partition coefficient (Wildman–Crippen LogP) is 5.59. The third kappa shape index (κ3) is 6.05. The molecule has 0 amide bonds. The summed E-state index contributed by atoms with van der Waals surface area (Å²) in [5.41, 5.74) is 9.23. The Kier molecular flexibility index (Phi) is 7.36. The third-order valence-electron chi connectivity index (χ3n) is 4.55. The van der Waals surface area contributed by atoms with E-state index in [0.29, 0.717) is 6.61 Å². The average Bonchev–Trinajstić information content (AvgIpc) is 3.20. The van der Waals surface area contributed by atoms with E-state index in [9.17, 15) is 0 Å². The first kappa shape index (κ1) is 19.8. The molecule has 1 aromatic heterocycles. The zero-order chi connectivity index (χ0) is 19.6. The number of aromatic amines is 1. The minimum absolute atomic E-state index is 0.421. The maximum Gasteiger partial charge on any atom is 0.130 e. The van der Waals surface area contributed by atoms with E-state index in [4.69, 9.17) is 15.2 Å². The van der Waals surface area contributed by atoms with Gasteiger partial charge in [-0.15, -0.1) is 0 Å². The fourth-order valence-electron chi connectivity index (χ4n) is 2.95. The molecule has 0 spiro atoms. The first-order chi connectivity index (χ1) is 13.7. The van der Waals surface area contributed by atoms with Gasteiger partial charge in [0.15, 0.2) is 0 Å². The molecule has 0 bridgehead atoms. The van der Waals surface area contributed by atoms with E-state index >= 15 is 0 Å². The number of aromatic nitrogens is 2. The summed E-state index contributed by atoms with van der Waals surface area (Å²) < 4.78 is 11.7. The van der Waals surface area contributed by atoms with Gasteiger partial charge in [0.05, 0.1) is 18.0 Å². The van der Waals surface area contributed by atoms with Crippen molar-refractivity contribution in [2.45, 2.75) is 45.6 Å². The minimum atomic E-state index is 0.421. The molecule has 5 heteroatoms. The number of anilines is 1. The summed E-state index contributed by atoms with van der Waals surface area (Å²) in [5.74, 6) is 1.66. The van der Waals surface area contributed by atoms with Crippen LogP contribution in [0.1, 0.15) is 44.7 Å². The number of benzene rings is 2. The summed E-state index contributed by atoms with van der Waals surface area (Å²) >= 11 is 0. The van der Waals surface area contributed by atoms with Crippen molar-refractivity contribution < 1.29 is 9.47 Å². The lowest BCUT2D eigenvalue weighted by Crippen LogP contribution is -1.97. The molecule has 28 heavy (non-hydrogen) atoms. The van der Waals surface area contributed by atoms with Crippen LogP contribution in [-0.4, -0.2) is 16.8 Å². The molecule has 3 rings (SSSR count). The molecule has 0 aliphatic carbocycles. The van der Waals surface area contributed by atoms with Gasteiger partial charge >= 0.3 is 0 Å². The molecule has 0 atom stereocenters. The zero-order valence-electron chi connectivity index (χ0n) is 16.5. The second-order valence-corrected chi connectivity index (χ2v) is 6.93. The second kappa shape index (κ2) is 10.4. The number of unbranched alkanes of at least 4 members (excludes halogenated alkanes) is 4. The van der Waals surface area contributed by atoms with E-state index in [1.54, 1.807) is 0 Å². The van der Waals surface area contributed by atoms with Crippen LogP contribution in [-0.2, 0) is 6.61 Å². The minimum Gasteiger partial charge on any atom is -0.494 e. The Hall–Kier alpha value is -2.95. The quantitative estimate of drug-likeness (QED) is 0.336. The Labute approximate surface area is 166 Å². The smallest absolute Gasteiger partial charge is 0.130 e. The fourth-order valence-corrected chi connectivity index (χ4v) is 2.95. The van der Waals surface area contributed by atoms with Crippen molar-refractivity contribution in [2.24, 2.45) is 0 Å². The summed E-state index contributed by atoms with van der Waals surface area (Å²) in [7, 11) is 0. The lowest BCUT2D eigenvalue weighted by atomic mass is 10.1. The normalized spacial score (nSPS) is 10.8. The van der Waals surface area contributed by atoms with Gasteiger partial charge in [-0.05, 0) is 48.9 Å². The number of hydrogen-bond donors (Lipinski definition) is 2. The van der Waals surface area contributed by atoms with Crippen molar-refractivity contribution in [1.29, 1.82) is 0 Å². The van der Waals surface area contributed by atoms with Gasteiger partial charge in [0.2, 0.25) is 0 Å². The van der Waals surface area contributed by atoms with Crippen LogP contribution in [0.2, 0.25) is 0 Å². The third-order valence-corrected chi connectivity index (χ3v) is 4.55. The van der Waals surface area contributed by atoms with E-state index < -0.39 is 0 Å². The Morgan fingerprint density at radius 2 is 1.71 bits per heavy atom. The van der Waals surface area contributed by atoms with E-state index in [1.807, 2.05) is 54.6 Å². The van der Waals surface area contributed by atoms with Crippen LogP contribution >= 0.6 is 0 Å². The van der Waals surface area contributed by atoms with E-state index in [-0.39, 0.29) is 0 Å². The standard InChI is InChI=1S/C23H29N3O2/c1-2-3-4-5-6-14-27-22-9-7-8-18(15-22)23-16-20(25-26-23)17-28-21-12-10-19(24)11-13-21/h7-13,15-16H,2-6,14,17,24H2,1H3,(H,25,26). The molecule has 5 nitrogen and oxygen atoms in total. The van der Waals surface area contributed by atoms with Gasteiger partial charge < -0.3 is 15.2 Å². The monoisotopic (exact) mass is 379 g/mol. The summed E-state index contributed by atoms with van der Waals surface area (Å²) in [5, 5.41) is 7.44. The second-order valence-electron chi connectivity index (χ2n) is 6.93. The van der Waals surface area contributed by atoms with Crippen LogP contribution in [0.5, 0.6) is 11.5 Å². The molecule has 0 radical (unpaired) electrons. The van der Waals surface area contributed by atoms with E-state index in [2.05, 4.69) is 17.1 Å². The van der Waals surface area contributed by atoms with E-state index in [1.165, 1.54) is 25.7 Å². The number of ether oxygens (including phenoxy) is 2. The van der Waals surface area contributed by atoms with Gasteiger partial charge in [-0.3, -0.25) is 5.10 Å². The maximum atomic E-state index is 5.90. The topological polar surface area (TPSA) is 73.2 Å². The number of nitrogens with two attached hydrogens (primary N) is 1. The Bertz CT molecular complexity index is 843. The highest BCUT2D eigenvalue weighted by Gasteiger charge is 2.06. The average molecular weight is 380 g/mol. The van der Waals surface area contributed by atoms with Crippen LogP contribution in [0, 0.1) is 0 Å². The maximum absolute atomic E-state index is 5.90. The van der Waals surface area contributed by atoms with Crippen LogP contribution in [0.4, 0.5) is 5.69 Å². The van der Waals surface area contributed by atoms with Gasteiger partial charge in [0.1, 0.15) is 18.1 Å². The van der Waals surface area contributed by atoms with Crippen molar-refractivity contribution >= 4 is 5.69 Å². The van der Waals surface area contributed by atoms with Crippen molar-refractivity contribution in [3.05, 3.63) is 60.3 Å². The SMILES string of the molecule is CCCCCCCOc1cccc(-c2cc(COc3ccc(N)cc3)[nH]n2)c1. The van der Waals surface area contributed by atoms with Crippen molar-refractivity contribution in [2.75, 3.05) is 12.3 Å². The highest BCUT2D eigenvalue weighted by Crippen LogP contribution is 2.24. The van der Waals surface area contributed by atoms with Crippen LogP contribution in [0.3, 0.4) is 0 Å². The highest BCUT2D eigenvalue weighted by atomic mass is 16.5. The van der Waals surface area contributed by atoms with Crippen LogP contribution in [0.25, 0.3) is 11.3 Å². The number of nitrogens with zero attached hydrogens (tertiary/aromatic N) is 1. The molecule has 3 aromatic rings. The lowest BCUT2D eigenvalue weighted by molar-refractivity contribution is 0.301. The number of nitrogens with one attached hydrogen (secondary N) is 1. The number of rotatable bonds is 11. The highest BCUT2D eigenvalue weighted by molar-refractivity contribution is 5.61. The fraction of sp³-hybridized carbons (Fsp3) is 0.348. The Morgan fingerprint density at radius 1 is 0.893 bits per heavy atom. The number of nitrogen functional groups attached to an aromatic ring is 1. The molecule has 0 saturated carbocycles. The van der Waals surface area contributed by atoms with Gasteiger partial charge in [0, 0.05) is 11.3 Å². The first-order valence-corrected chi connectivity index (χ1v) is 10.0. The summed E-state index contributed by atoms with van der Waals surface area (Å²) in [6.07, 6.45) is 6.18. The lowest BCUT2D eigenvalue weighted by Gasteiger charge is -2.07. The molecule has 2 aromatic carbocycles. The van der Waals surface area contributed by atoms with Gasteiger partial charge in [0.25, 0.3) is 0 Å². The summed E-state index contributed by atoms with van der Waals surface area (Å²) in [6, 6.07) is 17.4. The molecule has 3 N–H and O–H groups in total. The van der Waals surface area contributed by atoms with Crippen molar-refractivity contribution in [3.8, 4) is 22.8 Å². The van der Waals surface area contributed by atoms with Crippen LogP contribution < -0.4 is 15.2 Å². The van der Waals surface area contributed by atoms with Gasteiger partial charge in [-0.25, -0.2) is 0 Å². The predicted molar refractivity (Wildman–Crippen MR) is 113 cm³/mol. The molecule has 0 aliphatic rings. The number of H-pyrrole nitrogens is 1.